The van der Waals surface area contributed by atoms with E-state index >= 15 is 0 Å². The Balaban J connectivity index is 1.64. The number of hydrogen-bond acceptors (Lipinski definition) is 5. The molecule has 0 N–H and O–H groups in total. The molecule has 4 rings (SSSR count). The molecule has 0 aromatic heterocycles. The van der Waals surface area contributed by atoms with E-state index in [1.165, 1.54) is 7.11 Å². The molecule has 0 saturated carbocycles. The first-order chi connectivity index (χ1) is 15.7. The van der Waals surface area contributed by atoms with Crippen molar-refractivity contribution < 1.29 is 19.1 Å². The first-order valence-electron chi connectivity index (χ1n) is 11.0. The molecule has 1 heterocycles. The van der Waals surface area contributed by atoms with Crippen LogP contribution in [0.2, 0.25) is 5.02 Å². The lowest BCUT2D eigenvalue weighted by Crippen LogP contribution is -2.39. The molecular weight excluding hydrogens is 438 g/mol. The Morgan fingerprint density at radius 1 is 1.09 bits per heavy atom. The van der Waals surface area contributed by atoms with Crippen LogP contribution in [0.15, 0.2) is 64.8 Å². The van der Waals surface area contributed by atoms with Crippen LogP contribution in [-0.2, 0) is 20.9 Å². The van der Waals surface area contributed by atoms with Gasteiger partial charge in [-0.2, -0.15) is 0 Å². The topological polar surface area (TPSA) is 65.0 Å². The van der Waals surface area contributed by atoms with Gasteiger partial charge in [-0.25, -0.2) is 0 Å². The van der Waals surface area contributed by atoms with E-state index in [4.69, 9.17) is 26.1 Å². The van der Waals surface area contributed by atoms with Crippen LogP contribution in [-0.4, -0.2) is 24.6 Å². The molecule has 0 bridgehead atoms. The summed E-state index contributed by atoms with van der Waals surface area (Å²) in [5.41, 5.74) is 3.85. The molecule has 0 saturated heterocycles. The number of rotatable bonds is 5. The number of benzene rings is 2. The summed E-state index contributed by atoms with van der Waals surface area (Å²) in [7, 11) is 1.37. The maximum absolute atomic E-state index is 13.2. The summed E-state index contributed by atoms with van der Waals surface area (Å²) in [6, 6.07) is 15.1. The van der Waals surface area contributed by atoms with Crippen LogP contribution >= 0.6 is 11.6 Å². The Labute approximate surface area is 199 Å². The van der Waals surface area contributed by atoms with Crippen molar-refractivity contribution in [2.24, 2.45) is 16.3 Å². The molecule has 5 nitrogen and oxygen atoms in total. The summed E-state index contributed by atoms with van der Waals surface area (Å²) in [6.45, 7) is 6.41. The molecule has 6 heteroatoms. The minimum atomic E-state index is -0.625. The monoisotopic (exact) mass is 465 g/mol. The number of halogens is 1. The number of esters is 1. The highest BCUT2D eigenvalue weighted by Crippen LogP contribution is 2.48. The minimum Gasteiger partial charge on any atom is -0.489 e. The van der Waals surface area contributed by atoms with Gasteiger partial charge in [0.1, 0.15) is 18.3 Å². The molecule has 2 atom stereocenters. The van der Waals surface area contributed by atoms with Gasteiger partial charge in [0.05, 0.1) is 7.11 Å². The quantitative estimate of drug-likeness (QED) is 0.515. The fourth-order valence-electron chi connectivity index (χ4n) is 4.76. The Morgan fingerprint density at radius 3 is 2.39 bits per heavy atom. The van der Waals surface area contributed by atoms with E-state index in [1.54, 1.807) is 0 Å². The fourth-order valence-corrected chi connectivity index (χ4v) is 4.88. The Kier molecular flexibility index (Phi) is 6.44. The van der Waals surface area contributed by atoms with Gasteiger partial charge in [0.25, 0.3) is 0 Å². The Hall–Kier alpha value is -2.92. The van der Waals surface area contributed by atoms with Crippen molar-refractivity contribution >= 4 is 29.1 Å². The Bertz CT molecular complexity index is 1130. The zero-order valence-corrected chi connectivity index (χ0v) is 20.1. The molecule has 0 amide bonds. The second-order valence-electron chi connectivity index (χ2n) is 9.52. The Morgan fingerprint density at radius 2 is 1.76 bits per heavy atom. The van der Waals surface area contributed by atoms with Crippen molar-refractivity contribution in [3.8, 4) is 5.75 Å². The molecule has 2 aliphatic rings. The van der Waals surface area contributed by atoms with Gasteiger partial charge < -0.3 is 9.47 Å². The minimum absolute atomic E-state index is 0.0551. The average Bonchev–Trinajstić information content (AvgIpc) is 2.77. The standard InChI is InChI=1S/C27H28ClNO4/c1-16-23(26(31)32-4)24(25-21(29-16)13-27(2,3)14-22(25)30)18-7-11-20(12-8-18)33-15-17-5-9-19(28)10-6-17/h5-12,23-24H,13-15H2,1-4H3/t23?,24-/m1/s1. The van der Waals surface area contributed by atoms with E-state index in [0.29, 0.717) is 41.5 Å². The average molecular weight is 466 g/mol. The summed E-state index contributed by atoms with van der Waals surface area (Å²) in [6.07, 6.45) is 1.14. The van der Waals surface area contributed by atoms with Crippen LogP contribution in [0.5, 0.6) is 5.75 Å². The largest absolute Gasteiger partial charge is 0.489 e. The van der Waals surface area contributed by atoms with Crippen molar-refractivity contribution in [1.29, 1.82) is 0 Å². The van der Waals surface area contributed by atoms with Gasteiger partial charge in [0.2, 0.25) is 0 Å². The van der Waals surface area contributed by atoms with Crippen LogP contribution in [0.3, 0.4) is 0 Å². The second kappa shape index (κ2) is 9.14. The third-order valence-electron chi connectivity index (χ3n) is 6.32. The lowest BCUT2D eigenvalue weighted by atomic mass is 9.67. The van der Waals surface area contributed by atoms with E-state index in [0.717, 1.165) is 16.8 Å². The van der Waals surface area contributed by atoms with Crippen LogP contribution in [0.1, 0.15) is 50.7 Å². The third kappa shape index (κ3) is 4.88. The SMILES string of the molecule is COC(=O)C1C(C)=NC2=C(C(=O)CC(C)(C)C2)[C@@H]1c1ccc(OCc2ccc(Cl)cc2)cc1. The summed E-state index contributed by atoms with van der Waals surface area (Å²) in [4.78, 5) is 30.7. The summed E-state index contributed by atoms with van der Waals surface area (Å²) < 4.78 is 11.0. The van der Waals surface area contributed by atoms with Crippen molar-refractivity contribution in [3.63, 3.8) is 0 Å². The van der Waals surface area contributed by atoms with E-state index in [-0.39, 0.29) is 17.2 Å². The fraction of sp³-hybridized carbons (Fsp3) is 0.370. The molecule has 2 aromatic rings. The van der Waals surface area contributed by atoms with E-state index < -0.39 is 11.8 Å². The first-order valence-corrected chi connectivity index (χ1v) is 11.4. The highest BCUT2D eigenvalue weighted by molar-refractivity contribution is 6.30. The maximum Gasteiger partial charge on any atom is 0.315 e. The van der Waals surface area contributed by atoms with E-state index in [9.17, 15) is 9.59 Å². The first kappa shape index (κ1) is 23.2. The number of methoxy groups -OCH3 is 1. The molecule has 33 heavy (non-hydrogen) atoms. The molecule has 0 spiro atoms. The highest BCUT2D eigenvalue weighted by Gasteiger charge is 2.45. The number of aliphatic imine (C=N–C) groups is 1. The predicted molar refractivity (Wildman–Crippen MR) is 129 cm³/mol. The number of allylic oxidation sites excluding steroid dienone is 2. The van der Waals surface area contributed by atoms with Gasteiger partial charge in [0.15, 0.2) is 5.78 Å². The number of nitrogens with zero attached hydrogens (tertiary/aromatic N) is 1. The zero-order chi connectivity index (χ0) is 23.8. The molecule has 1 aliphatic carbocycles. The number of Topliss-reactive ketones (excluding diaryl/α,β-unsaturated/α-hetero) is 1. The third-order valence-corrected chi connectivity index (χ3v) is 6.57. The zero-order valence-electron chi connectivity index (χ0n) is 19.4. The van der Waals surface area contributed by atoms with Crippen molar-refractivity contribution in [3.05, 3.63) is 76.0 Å². The van der Waals surface area contributed by atoms with Crippen LogP contribution < -0.4 is 4.74 Å². The molecule has 0 radical (unpaired) electrons. The predicted octanol–water partition coefficient (Wildman–Crippen LogP) is 5.91. The molecule has 2 aromatic carbocycles. The lowest BCUT2D eigenvalue weighted by molar-refractivity contribution is -0.143. The van der Waals surface area contributed by atoms with Crippen LogP contribution in [0.4, 0.5) is 0 Å². The molecule has 1 aliphatic heterocycles. The van der Waals surface area contributed by atoms with Gasteiger partial charge in [-0.15, -0.1) is 0 Å². The number of ketones is 1. The smallest absolute Gasteiger partial charge is 0.315 e. The molecule has 1 unspecified atom stereocenters. The second-order valence-corrected chi connectivity index (χ2v) is 9.95. The van der Waals surface area contributed by atoms with Crippen molar-refractivity contribution in [2.75, 3.05) is 7.11 Å². The van der Waals surface area contributed by atoms with Gasteiger partial charge in [-0.05, 0) is 54.2 Å². The van der Waals surface area contributed by atoms with E-state index in [2.05, 4.69) is 13.8 Å². The van der Waals surface area contributed by atoms with Gasteiger partial charge in [0, 0.05) is 34.3 Å². The summed E-state index contributed by atoms with van der Waals surface area (Å²) in [5.74, 6) is -0.665. The number of hydrogen-bond donors (Lipinski definition) is 0. The van der Waals surface area contributed by atoms with Gasteiger partial charge >= 0.3 is 5.97 Å². The van der Waals surface area contributed by atoms with E-state index in [1.807, 2.05) is 55.5 Å². The van der Waals surface area contributed by atoms with Crippen LogP contribution in [0, 0.1) is 11.3 Å². The highest BCUT2D eigenvalue weighted by atomic mass is 35.5. The number of carbonyl (C=O) groups excluding carboxylic acids is 2. The molecule has 0 fully saturated rings. The van der Waals surface area contributed by atoms with Gasteiger partial charge in [-0.3, -0.25) is 14.6 Å². The summed E-state index contributed by atoms with van der Waals surface area (Å²) >= 11 is 5.94. The van der Waals surface area contributed by atoms with Crippen molar-refractivity contribution in [1.82, 2.24) is 0 Å². The lowest BCUT2D eigenvalue weighted by Gasteiger charge is -2.38. The number of carbonyl (C=O) groups is 2. The molecule has 172 valence electrons. The van der Waals surface area contributed by atoms with Crippen molar-refractivity contribution in [2.45, 2.75) is 46.1 Å². The maximum atomic E-state index is 13.2. The number of ether oxygens (including phenoxy) is 2. The normalized spacial score (nSPS) is 21.8. The molecular formula is C27H28ClNO4. The van der Waals surface area contributed by atoms with Gasteiger partial charge in [-0.1, -0.05) is 49.7 Å². The van der Waals surface area contributed by atoms with Crippen LogP contribution in [0.25, 0.3) is 0 Å². The summed E-state index contributed by atoms with van der Waals surface area (Å²) in [5, 5.41) is 0.684.